The van der Waals surface area contributed by atoms with Crippen molar-refractivity contribution in [3.05, 3.63) is 0 Å². The number of hydrogen-bond acceptors (Lipinski definition) is 8. The van der Waals surface area contributed by atoms with Crippen LogP contribution in [0.15, 0.2) is 0 Å². The molecule has 0 spiro atoms. The lowest BCUT2D eigenvalue weighted by Gasteiger charge is -1.83. The molecule has 6 N–H and O–H groups in total. The molecule has 0 aromatic carbocycles. The highest BCUT2D eigenvalue weighted by atomic mass is 17.5. The van der Waals surface area contributed by atoms with Crippen LogP contribution in [0.3, 0.4) is 0 Å². The SMILES string of the molecule is CCOOO.CCOOO.O=C(O)O.O=C(O)O. The maximum atomic E-state index is 8.56. The number of carboxylic acid groups (broad SMARTS) is 4. The molecule has 0 atom stereocenters. The summed E-state index contributed by atoms with van der Waals surface area (Å²) >= 11 is 0. The van der Waals surface area contributed by atoms with Gasteiger partial charge >= 0.3 is 12.3 Å². The largest absolute Gasteiger partial charge is 0.503 e. The van der Waals surface area contributed by atoms with Crippen molar-refractivity contribution in [3.8, 4) is 0 Å². The van der Waals surface area contributed by atoms with Crippen LogP contribution < -0.4 is 0 Å². The highest BCUT2D eigenvalue weighted by molar-refractivity contribution is 5.53. The Hall–Kier alpha value is -1.70. The molecule has 0 aliphatic carbocycles. The Kier molecular flexibility index (Phi) is 41.3. The zero-order valence-electron chi connectivity index (χ0n) is 9.55. The first-order valence-electron chi connectivity index (χ1n) is 3.99. The van der Waals surface area contributed by atoms with Crippen molar-refractivity contribution in [2.45, 2.75) is 13.8 Å². The van der Waals surface area contributed by atoms with Gasteiger partial charge in [0, 0.05) is 0 Å². The second kappa shape index (κ2) is 29.5. The van der Waals surface area contributed by atoms with Crippen molar-refractivity contribution in [2.75, 3.05) is 13.2 Å². The molecule has 12 heteroatoms. The Morgan fingerprint density at radius 1 is 0.778 bits per heavy atom. The summed E-state index contributed by atoms with van der Waals surface area (Å²) < 4.78 is 0. The molecule has 0 radical (unpaired) electrons. The summed E-state index contributed by atoms with van der Waals surface area (Å²) in [6.07, 6.45) is -3.67. The third-order valence-corrected chi connectivity index (χ3v) is 0.341. The van der Waals surface area contributed by atoms with Gasteiger partial charge in [-0.3, -0.25) is 0 Å². The van der Waals surface area contributed by atoms with Gasteiger partial charge < -0.3 is 20.4 Å². The molecule has 0 fully saturated rings. The molecule has 0 heterocycles. The van der Waals surface area contributed by atoms with Crippen LogP contribution in [-0.4, -0.2) is 56.5 Å². The molecule has 0 aliphatic heterocycles. The van der Waals surface area contributed by atoms with Crippen LogP contribution in [-0.2, 0) is 19.9 Å². The lowest BCUT2D eigenvalue weighted by atomic mass is 10.9. The Morgan fingerprint density at radius 3 is 0.944 bits per heavy atom. The standard InChI is InChI=1S/2C2H6O3.2CH2O3/c2*1-2-4-5-3;2*2-1(3)4/h2*3H,2H2,1H3;2*(H2,2,3,4). The Balaban J connectivity index is -0.0000000731. The van der Waals surface area contributed by atoms with E-state index < -0.39 is 12.3 Å². The van der Waals surface area contributed by atoms with Gasteiger partial charge in [0.2, 0.25) is 0 Å². The van der Waals surface area contributed by atoms with Gasteiger partial charge in [-0.25, -0.2) is 29.9 Å². The van der Waals surface area contributed by atoms with E-state index >= 15 is 0 Å². The Morgan fingerprint density at radius 2 is 0.944 bits per heavy atom. The Bertz CT molecular complexity index is 129. The van der Waals surface area contributed by atoms with Gasteiger partial charge in [-0.1, -0.05) is 10.1 Å². The number of carbonyl (C=O) groups is 2. The molecule has 0 amide bonds. The summed E-state index contributed by atoms with van der Waals surface area (Å²) in [6, 6.07) is 0. The van der Waals surface area contributed by atoms with Crippen molar-refractivity contribution < 1.29 is 60.4 Å². The lowest BCUT2D eigenvalue weighted by molar-refractivity contribution is -0.489. The summed E-state index contributed by atoms with van der Waals surface area (Å²) in [5.74, 6) is 0. The second-order valence-electron chi connectivity index (χ2n) is 1.53. The lowest BCUT2D eigenvalue weighted by Crippen LogP contribution is -1.84. The summed E-state index contributed by atoms with van der Waals surface area (Å²) in [5, 5.41) is 49.0. The van der Waals surface area contributed by atoms with Gasteiger partial charge in [0.15, 0.2) is 0 Å². The molecule has 0 aromatic heterocycles. The van der Waals surface area contributed by atoms with Gasteiger partial charge in [0.1, 0.15) is 0 Å². The van der Waals surface area contributed by atoms with E-state index in [0.29, 0.717) is 13.2 Å². The first kappa shape index (κ1) is 25.2. The molecule has 112 valence electrons. The van der Waals surface area contributed by atoms with Gasteiger partial charge in [0.25, 0.3) is 0 Å². The monoisotopic (exact) mass is 280 g/mol. The van der Waals surface area contributed by atoms with E-state index in [4.69, 9.17) is 40.5 Å². The fourth-order valence-corrected chi connectivity index (χ4v) is 0.105. The third-order valence-electron chi connectivity index (χ3n) is 0.341. The smallest absolute Gasteiger partial charge is 0.450 e. The van der Waals surface area contributed by atoms with Crippen LogP contribution in [0.25, 0.3) is 0 Å². The first-order valence-corrected chi connectivity index (χ1v) is 3.99. The molecule has 0 unspecified atom stereocenters. The van der Waals surface area contributed by atoms with Gasteiger partial charge in [0.05, 0.1) is 13.2 Å². The van der Waals surface area contributed by atoms with E-state index in [2.05, 4.69) is 19.9 Å². The van der Waals surface area contributed by atoms with Crippen LogP contribution in [0.5, 0.6) is 0 Å². The maximum Gasteiger partial charge on any atom is 0.503 e. The van der Waals surface area contributed by atoms with Crippen LogP contribution in [0, 0.1) is 0 Å². The molecule has 0 aliphatic rings. The first-order chi connectivity index (χ1) is 8.29. The molecule has 0 rings (SSSR count). The summed E-state index contributed by atoms with van der Waals surface area (Å²) in [5.41, 5.74) is 0. The topological polar surface area (TPSA) is 192 Å². The molecule has 0 aromatic rings. The quantitative estimate of drug-likeness (QED) is 0.319. The summed E-state index contributed by atoms with van der Waals surface area (Å²) in [7, 11) is 0. The van der Waals surface area contributed by atoms with Crippen molar-refractivity contribution in [1.29, 1.82) is 0 Å². The molecular weight excluding hydrogens is 264 g/mol. The highest BCUT2D eigenvalue weighted by Crippen LogP contribution is 1.64. The van der Waals surface area contributed by atoms with E-state index in [9.17, 15) is 0 Å². The highest BCUT2D eigenvalue weighted by Gasteiger charge is 1.70. The van der Waals surface area contributed by atoms with E-state index in [1.165, 1.54) is 0 Å². The molecule has 0 bridgehead atoms. The van der Waals surface area contributed by atoms with Crippen molar-refractivity contribution in [1.82, 2.24) is 0 Å². The van der Waals surface area contributed by atoms with E-state index in [1.807, 2.05) is 0 Å². The van der Waals surface area contributed by atoms with Crippen molar-refractivity contribution in [3.63, 3.8) is 0 Å². The van der Waals surface area contributed by atoms with Gasteiger partial charge in [-0.2, -0.15) is 0 Å². The molecule has 0 saturated carbocycles. The molecule has 0 saturated heterocycles. The molecule has 12 nitrogen and oxygen atoms in total. The van der Waals surface area contributed by atoms with Gasteiger partial charge in [-0.15, -0.1) is 0 Å². The van der Waals surface area contributed by atoms with E-state index in [0.717, 1.165) is 0 Å². The Labute approximate surface area is 101 Å². The van der Waals surface area contributed by atoms with E-state index in [-0.39, 0.29) is 0 Å². The minimum atomic E-state index is -1.83. The maximum absolute atomic E-state index is 8.56. The second-order valence-corrected chi connectivity index (χ2v) is 1.53. The molecule has 18 heavy (non-hydrogen) atoms. The predicted octanol–water partition coefficient (Wildman–Crippen LogP) is 1.30. The number of hydrogen-bond donors (Lipinski definition) is 6. The zero-order chi connectivity index (χ0) is 15.4. The number of rotatable bonds is 4. The van der Waals surface area contributed by atoms with Crippen LogP contribution in [0.4, 0.5) is 9.59 Å². The van der Waals surface area contributed by atoms with Gasteiger partial charge in [-0.05, 0) is 13.8 Å². The fraction of sp³-hybridized carbons (Fsp3) is 0.667. The molecular formula is C6H16O12. The summed E-state index contributed by atoms with van der Waals surface area (Å²) in [6.45, 7) is 4.15. The third kappa shape index (κ3) is 478. The van der Waals surface area contributed by atoms with Crippen LogP contribution in [0.2, 0.25) is 0 Å². The van der Waals surface area contributed by atoms with E-state index in [1.54, 1.807) is 13.8 Å². The van der Waals surface area contributed by atoms with Crippen LogP contribution >= 0.6 is 0 Å². The zero-order valence-corrected chi connectivity index (χ0v) is 9.55. The summed E-state index contributed by atoms with van der Waals surface area (Å²) in [4.78, 5) is 24.9. The minimum Gasteiger partial charge on any atom is -0.450 e. The predicted molar refractivity (Wildman–Crippen MR) is 52.0 cm³/mol. The van der Waals surface area contributed by atoms with Crippen LogP contribution in [0.1, 0.15) is 13.8 Å². The normalized spacial score (nSPS) is 7.33. The minimum absolute atomic E-state index is 0.372. The average Bonchev–Trinajstić information content (AvgIpc) is 2.19. The average molecular weight is 280 g/mol. The van der Waals surface area contributed by atoms with Crippen molar-refractivity contribution >= 4 is 12.3 Å². The van der Waals surface area contributed by atoms with Crippen molar-refractivity contribution in [2.24, 2.45) is 0 Å². The fourth-order valence-electron chi connectivity index (χ4n) is 0.105.